The third-order valence-corrected chi connectivity index (χ3v) is 7.53. The van der Waals surface area contributed by atoms with E-state index < -0.39 is 6.10 Å². The van der Waals surface area contributed by atoms with E-state index in [4.69, 9.17) is 4.74 Å². The van der Waals surface area contributed by atoms with E-state index in [0.717, 1.165) is 48.4 Å². The molecule has 1 aliphatic carbocycles. The highest BCUT2D eigenvalue weighted by molar-refractivity contribution is 5.76. The summed E-state index contributed by atoms with van der Waals surface area (Å²) in [5.74, 6) is 0.889. The van der Waals surface area contributed by atoms with Crippen LogP contribution in [0.5, 0.6) is 5.75 Å². The van der Waals surface area contributed by atoms with E-state index in [1.54, 1.807) is 0 Å². The first-order valence-corrected chi connectivity index (χ1v) is 13.2. The van der Waals surface area contributed by atoms with Crippen molar-refractivity contribution in [2.24, 2.45) is 0 Å². The molecule has 1 heterocycles. The van der Waals surface area contributed by atoms with Crippen molar-refractivity contribution in [3.8, 4) is 5.75 Å². The van der Waals surface area contributed by atoms with E-state index in [9.17, 15) is 9.90 Å². The Bertz CT molecular complexity index is 1130. The number of carbonyl (C=O) groups excluding carboxylic acids is 1. The van der Waals surface area contributed by atoms with Crippen LogP contribution < -0.4 is 10.1 Å². The maximum atomic E-state index is 12.9. The van der Waals surface area contributed by atoms with Gasteiger partial charge in [0.05, 0.1) is 12.1 Å². The fourth-order valence-electron chi connectivity index (χ4n) is 5.55. The van der Waals surface area contributed by atoms with Crippen molar-refractivity contribution in [2.75, 3.05) is 13.1 Å². The largest absolute Gasteiger partial charge is 0.489 e. The molecule has 3 aromatic carbocycles. The Labute approximate surface area is 214 Å². The molecule has 5 nitrogen and oxygen atoms in total. The molecule has 0 saturated carbocycles. The third kappa shape index (κ3) is 6.15. The van der Waals surface area contributed by atoms with Crippen molar-refractivity contribution >= 4 is 5.91 Å². The van der Waals surface area contributed by atoms with Crippen LogP contribution in [0.4, 0.5) is 0 Å². The van der Waals surface area contributed by atoms with Gasteiger partial charge in [0.1, 0.15) is 12.4 Å². The topological polar surface area (TPSA) is 61.8 Å². The normalized spacial score (nSPS) is 20.1. The van der Waals surface area contributed by atoms with Crippen LogP contribution in [0.1, 0.15) is 54.0 Å². The quantitative estimate of drug-likeness (QED) is 0.433. The number of rotatable bonds is 10. The van der Waals surface area contributed by atoms with Crippen LogP contribution in [0, 0.1) is 0 Å². The molecule has 3 atom stereocenters. The SMILES string of the molecule is O=C(CC[C@H](Cc1ccc(OCc2ccccc2)cc1)N1CCCC1)N[C@@H]1c2ccccc2C[C@@H]1O. The molecule has 0 spiro atoms. The van der Waals surface area contributed by atoms with Crippen molar-refractivity contribution in [3.63, 3.8) is 0 Å². The zero-order valence-corrected chi connectivity index (χ0v) is 20.8. The fraction of sp³-hybridized carbons (Fsp3) is 0.387. The Morgan fingerprint density at radius 2 is 1.67 bits per heavy atom. The number of likely N-dealkylation sites (tertiary alicyclic amines) is 1. The van der Waals surface area contributed by atoms with Crippen molar-refractivity contribution in [1.82, 2.24) is 10.2 Å². The van der Waals surface area contributed by atoms with Gasteiger partial charge in [0.2, 0.25) is 5.91 Å². The summed E-state index contributed by atoms with van der Waals surface area (Å²) in [6, 6.07) is 26.6. The summed E-state index contributed by atoms with van der Waals surface area (Å²) in [5.41, 5.74) is 4.59. The summed E-state index contributed by atoms with van der Waals surface area (Å²) in [6.45, 7) is 2.75. The summed E-state index contributed by atoms with van der Waals surface area (Å²) in [5, 5.41) is 13.6. The van der Waals surface area contributed by atoms with Gasteiger partial charge in [-0.3, -0.25) is 4.79 Å². The molecule has 1 amide bonds. The van der Waals surface area contributed by atoms with E-state index in [2.05, 4.69) is 34.5 Å². The number of hydrogen-bond donors (Lipinski definition) is 2. The van der Waals surface area contributed by atoms with Crippen LogP contribution in [0.2, 0.25) is 0 Å². The number of carbonyl (C=O) groups is 1. The van der Waals surface area contributed by atoms with Crippen LogP contribution in [0.15, 0.2) is 78.9 Å². The summed E-state index contributed by atoms with van der Waals surface area (Å²) >= 11 is 0. The van der Waals surface area contributed by atoms with Gasteiger partial charge in [-0.15, -0.1) is 0 Å². The number of aliphatic hydroxyl groups is 1. The molecule has 0 unspecified atom stereocenters. The van der Waals surface area contributed by atoms with Crippen LogP contribution in [-0.4, -0.2) is 41.1 Å². The highest BCUT2D eigenvalue weighted by Gasteiger charge is 2.32. The standard InChI is InChI=1S/C31H36N2O3/c34-29-21-25-10-4-5-11-28(25)31(29)32-30(35)17-14-26(33-18-6-7-19-33)20-23-12-15-27(16-13-23)36-22-24-8-2-1-3-9-24/h1-5,8-13,15-16,26,29,31,34H,6-7,14,17-22H2,(H,32,35)/t26-,29+,31-/m1/s1. The molecule has 5 rings (SSSR count). The zero-order valence-electron chi connectivity index (χ0n) is 20.8. The summed E-state index contributed by atoms with van der Waals surface area (Å²) in [6.07, 6.45) is 4.68. The number of aliphatic hydroxyl groups excluding tert-OH is 1. The third-order valence-electron chi connectivity index (χ3n) is 7.53. The lowest BCUT2D eigenvalue weighted by molar-refractivity contribution is -0.123. The van der Waals surface area contributed by atoms with Crippen molar-refractivity contribution < 1.29 is 14.6 Å². The van der Waals surface area contributed by atoms with Crippen molar-refractivity contribution in [1.29, 1.82) is 0 Å². The van der Waals surface area contributed by atoms with E-state index in [1.807, 2.05) is 54.6 Å². The van der Waals surface area contributed by atoms with Crippen LogP contribution in [0.3, 0.4) is 0 Å². The molecular formula is C31H36N2O3. The van der Waals surface area contributed by atoms with E-state index in [-0.39, 0.29) is 11.9 Å². The lowest BCUT2D eigenvalue weighted by atomic mass is 9.99. The highest BCUT2D eigenvalue weighted by Crippen LogP contribution is 2.31. The maximum absolute atomic E-state index is 12.9. The van der Waals surface area contributed by atoms with Crippen molar-refractivity contribution in [2.45, 2.75) is 63.3 Å². The molecule has 0 radical (unpaired) electrons. The molecule has 188 valence electrons. The molecule has 1 aliphatic heterocycles. The van der Waals surface area contributed by atoms with E-state index in [0.29, 0.717) is 25.5 Å². The lowest BCUT2D eigenvalue weighted by Crippen LogP contribution is -2.37. The number of ether oxygens (including phenoxy) is 1. The first kappa shape index (κ1) is 24.5. The van der Waals surface area contributed by atoms with E-state index in [1.165, 1.54) is 18.4 Å². The minimum Gasteiger partial charge on any atom is -0.489 e. The summed E-state index contributed by atoms with van der Waals surface area (Å²) in [7, 11) is 0. The van der Waals surface area contributed by atoms with Gasteiger partial charge in [0.25, 0.3) is 0 Å². The van der Waals surface area contributed by atoms with Gasteiger partial charge in [0, 0.05) is 18.9 Å². The monoisotopic (exact) mass is 484 g/mol. The zero-order chi connectivity index (χ0) is 24.7. The molecule has 2 N–H and O–H groups in total. The van der Waals surface area contributed by atoms with E-state index >= 15 is 0 Å². The minimum absolute atomic E-state index is 0.0182. The average molecular weight is 485 g/mol. The Morgan fingerprint density at radius 3 is 2.44 bits per heavy atom. The van der Waals surface area contributed by atoms with Gasteiger partial charge in [0.15, 0.2) is 0 Å². The molecule has 0 aromatic heterocycles. The minimum atomic E-state index is -0.552. The second-order valence-electron chi connectivity index (χ2n) is 10.1. The second kappa shape index (κ2) is 11.7. The molecule has 1 saturated heterocycles. The van der Waals surface area contributed by atoms with Crippen LogP contribution in [-0.2, 0) is 24.2 Å². The molecule has 36 heavy (non-hydrogen) atoms. The molecule has 3 aromatic rings. The number of nitrogens with one attached hydrogen (secondary N) is 1. The Balaban J connectivity index is 1.16. The Morgan fingerprint density at radius 1 is 0.944 bits per heavy atom. The smallest absolute Gasteiger partial charge is 0.220 e. The number of benzene rings is 3. The summed E-state index contributed by atoms with van der Waals surface area (Å²) < 4.78 is 5.94. The first-order chi connectivity index (χ1) is 17.7. The predicted octanol–water partition coefficient (Wildman–Crippen LogP) is 4.83. The number of fused-ring (bicyclic) bond motifs is 1. The van der Waals surface area contributed by atoms with Crippen LogP contribution in [0.25, 0.3) is 0 Å². The van der Waals surface area contributed by atoms with Gasteiger partial charge < -0.3 is 20.1 Å². The number of nitrogens with zero attached hydrogens (tertiary/aromatic N) is 1. The Kier molecular flexibility index (Phi) is 7.99. The predicted molar refractivity (Wildman–Crippen MR) is 142 cm³/mol. The second-order valence-corrected chi connectivity index (χ2v) is 10.1. The first-order valence-electron chi connectivity index (χ1n) is 13.2. The maximum Gasteiger partial charge on any atom is 0.220 e. The molecule has 1 fully saturated rings. The summed E-state index contributed by atoms with van der Waals surface area (Å²) in [4.78, 5) is 15.4. The van der Waals surface area contributed by atoms with Crippen molar-refractivity contribution in [3.05, 3.63) is 101 Å². The number of hydrogen-bond acceptors (Lipinski definition) is 4. The number of amides is 1. The van der Waals surface area contributed by atoms with Gasteiger partial charge in [-0.25, -0.2) is 0 Å². The van der Waals surface area contributed by atoms with Crippen LogP contribution >= 0.6 is 0 Å². The Hall–Kier alpha value is -3.15. The van der Waals surface area contributed by atoms with Gasteiger partial charge in [-0.1, -0.05) is 66.7 Å². The van der Waals surface area contributed by atoms with Gasteiger partial charge >= 0.3 is 0 Å². The average Bonchev–Trinajstić information content (AvgIpc) is 3.55. The fourth-order valence-corrected chi connectivity index (χ4v) is 5.55. The van der Waals surface area contributed by atoms with Gasteiger partial charge in [-0.05, 0) is 73.2 Å². The highest BCUT2D eigenvalue weighted by atomic mass is 16.5. The lowest BCUT2D eigenvalue weighted by Gasteiger charge is -2.28. The molecule has 5 heteroatoms. The molecule has 2 aliphatic rings. The van der Waals surface area contributed by atoms with Gasteiger partial charge in [-0.2, -0.15) is 0 Å². The molecule has 0 bridgehead atoms. The molecular weight excluding hydrogens is 448 g/mol.